The molecule has 0 aromatic carbocycles. The molecule has 22 heavy (non-hydrogen) atoms. The van der Waals surface area contributed by atoms with Crippen molar-refractivity contribution in [2.75, 3.05) is 6.54 Å². The molecule has 2 bridgehead atoms. The van der Waals surface area contributed by atoms with Gasteiger partial charge < -0.3 is 10.0 Å². The number of aromatic nitrogens is 1. The standard InChI is InChI=1S/C17H22N2O3/c1-16(2)7-11-8-17(3,9-16)10-19(11)14(20)12-5-4-6-13(18-12)15(21)22/h4-6,11H,7-10H2,1-3H3,(H,21,22). The summed E-state index contributed by atoms with van der Waals surface area (Å²) in [5.74, 6) is -1.25. The largest absolute Gasteiger partial charge is 0.477 e. The molecule has 2 aliphatic rings. The summed E-state index contributed by atoms with van der Waals surface area (Å²) in [6.45, 7) is 7.50. The van der Waals surface area contributed by atoms with E-state index in [1.165, 1.54) is 6.07 Å². The third kappa shape index (κ3) is 2.60. The summed E-state index contributed by atoms with van der Waals surface area (Å²) >= 11 is 0. The highest BCUT2D eigenvalue weighted by molar-refractivity contribution is 5.94. The van der Waals surface area contributed by atoms with Crippen LogP contribution in [0.4, 0.5) is 0 Å². The van der Waals surface area contributed by atoms with Crippen molar-refractivity contribution in [3.63, 3.8) is 0 Å². The fourth-order valence-electron chi connectivity index (χ4n) is 4.52. The molecule has 2 unspecified atom stereocenters. The molecule has 1 aromatic heterocycles. The lowest BCUT2D eigenvalue weighted by Gasteiger charge is -2.39. The molecule has 2 fully saturated rings. The van der Waals surface area contributed by atoms with Crippen molar-refractivity contribution in [3.8, 4) is 0 Å². The summed E-state index contributed by atoms with van der Waals surface area (Å²) in [6.07, 6.45) is 3.14. The summed E-state index contributed by atoms with van der Waals surface area (Å²) in [6, 6.07) is 4.82. The molecule has 1 N–H and O–H groups in total. The summed E-state index contributed by atoms with van der Waals surface area (Å²) in [7, 11) is 0. The van der Waals surface area contributed by atoms with E-state index in [-0.39, 0.29) is 34.2 Å². The first-order valence-corrected chi connectivity index (χ1v) is 7.71. The van der Waals surface area contributed by atoms with Crippen molar-refractivity contribution in [3.05, 3.63) is 29.6 Å². The van der Waals surface area contributed by atoms with Crippen molar-refractivity contribution < 1.29 is 14.7 Å². The quantitative estimate of drug-likeness (QED) is 0.912. The van der Waals surface area contributed by atoms with Gasteiger partial charge in [0.2, 0.25) is 0 Å². The molecule has 1 aromatic rings. The summed E-state index contributed by atoms with van der Waals surface area (Å²) in [5, 5.41) is 9.03. The van der Waals surface area contributed by atoms with E-state index in [2.05, 4.69) is 25.8 Å². The van der Waals surface area contributed by atoms with Crippen LogP contribution in [0.1, 0.15) is 61.0 Å². The lowest BCUT2D eigenvalue weighted by atomic mass is 9.65. The average Bonchev–Trinajstić information content (AvgIpc) is 2.67. The zero-order valence-corrected chi connectivity index (χ0v) is 13.3. The second kappa shape index (κ2) is 4.80. The summed E-state index contributed by atoms with van der Waals surface area (Å²) in [5.41, 5.74) is 0.545. The topological polar surface area (TPSA) is 70.5 Å². The van der Waals surface area contributed by atoms with Crippen LogP contribution >= 0.6 is 0 Å². The maximum atomic E-state index is 12.8. The van der Waals surface area contributed by atoms with Crippen molar-refractivity contribution >= 4 is 11.9 Å². The fourth-order valence-corrected chi connectivity index (χ4v) is 4.52. The number of carboxylic acid groups (broad SMARTS) is 1. The predicted molar refractivity (Wildman–Crippen MR) is 81.8 cm³/mol. The van der Waals surface area contributed by atoms with Crippen molar-refractivity contribution in [1.82, 2.24) is 9.88 Å². The van der Waals surface area contributed by atoms with E-state index in [4.69, 9.17) is 5.11 Å². The monoisotopic (exact) mass is 302 g/mol. The minimum atomic E-state index is -1.11. The maximum Gasteiger partial charge on any atom is 0.354 e. The summed E-state index contributed by atoms with van der Waals surface area (Å²) < 4.78 is 0. The highest BCUT2D eigenvalue weighted by atomic mass is 16.4. The highest BCUT2D eigenvalue weighted by Crippen LogP contribution is 2.52. The Labute approximate surface area is 130 Å². The molecule has 2 heterocycles. The Hall–Kier alpha value is -1.91. The number of likely N-dealkylation sites (tertiary alicyclic amines) is 1. The molecule has 5 nitrogen and oxygen atoms in total. The first-order valence-electron chi connectivity index (χ1n) is 7.71. The zero-order chi connectivity index (χ0) is 16.1. The van der Waals surface area contributed by atoms with Gasteiger partial charge in [-0.05, 0) is 42.2 Å². The SMILES string of the molecule is CC1(C)CC2CC(C)(CN2C(=O)c2cccc(C(=O)O)n2)C1. The molecule has 1 aliphatic heterocycles. The molecule has 1 saturated heterocycles. The molecule has 3 rings (SSSR count). The molecule has 1 aliphatic carbocycles. The Kier molecular flexibility index (Phi) is 3.27. The number of pyridine rings is 1. The number of aromatic carboxylic acids is 1. The number of fused-ring (bicyclic) bond motifs is 2. The number of carbonyl (C=O) groups is 2. The Balaban J connectivity index is 1.87. The Morgan fingerprint density at radius 2 is 1.91 bits per heavy atom. The van der Waals surface area contributed by atoms with Gasteiger partial charge in [0.1, 0.15) is 11.4 Å². The second-order valence-electron chi connectivity index (χ2n) is 7.86. The van der Waals surface area contributed by atoms with E-state index in [1.54, 1.807) is 12.1 Å². The summed E-state index contributed by atoms with van der Waals surface area (Å²) in [4.78, 5) is 29.7. The van der Waals surface area contributed by atoms with Gasteiger partial charge in [-0.25, -0.2) is 9.78 Å². The smallest absolute Gasteiger partial charge is 0.354 e. The predicted octanol–water partition coefficient (Wildman–Crippen LogP) is 2.82. The van der Waals surface area contributed by atoms with Crippen LogP contribution in [0.2, 0.25) is 0 Å². The number of amides is 1. The maximum absolute atomic E-state index is 12.8. The molecular formula is C17H22N2O3. The van der Waals surface area contributed by atoms with Crippen LogP contribution in [0, 0.1) is 10.8 Å². The number of hydrogen-bond donors (Lipinski definition) is 1. The van der Waals surface area contributed by atoms with Gasteiger partial charge in [-0.3, -0.25) is 4.79 Å². The van der Waals surface area contributed by atoms with Gasteiger partial charge in [-0.2, -0.15) is 0 Å². The van der Waals surface area contributed by atoms with E-state index in [0.717, 1.165) is 25.8 Å². The van der Waals surface area contributed by atoms with E-state index in [1.807, 2.05) is 4.90 Å². The van der Waals surface area contributed by atoms with Crippen LogP contribution in [0.15, 0.2) is 18.2 Å². The number of carboxylic acids is 1. The lowest BCUT2D eigenvalue weighted by Crippen LogP contribution is -2.38. The minimum absolute atomic E-state index is 0.0837. The molecule has 1 saturated carbocycles. The van der Waals surface area contributed by atoms with Crippen molar-refractivity contribution in [2.45, 2.75) is 46.1 Å². The molecule has 118 valence electrons. The molecule has 1 amide bonds. The van der Waals surface area contributed by atoms with E-state index >= 15 is 0 Å². The molecule has 0 radical (unpaired) electrons. The van der Waals surface area contributed by atoms with Gasteiger partial charge in [-0.1, -0.05) is 26.8 Å². The second-order valence-corrected chi connectivity index (χ2v) is 7.86. The molecule has 2 atom stereocenters. The molecule has 0 spiro atoms. The van der Waals surface area contributed by atoms with Crippen LogP contribution < -0.4 is 0 Å². The third-order valence-corrected chi connectivity index (χ3v) is 4.86. The first-order chi connectivity index (χ1) is 10.2. The Morgan fingerprint density at radius 3 is 2.59 bits per heavy atom. The van der Waals surface area contributed by atoms with E-state index < -0.39 is 5.97 Å². The van der Waals surface area contributed by atoms with Crippen molar-refractivity contribution in [2.24, 2.45) is 10.8 Å². The normalized spacial score (nSPS) is 29.4. The van der Waals surface area contributed by atoms with Gasteiger partial charge in [0.05, 0.1) is 0 Å². The number of carbonyl (C=O) groups excluding carboxylic acids is 1. The van der Waals surface area contributed by atoms with Crippen LogP contribution in [0.3, 0.4) is 0 Å². The number of nitrogens with zero attached hydrogens (tertiary/aromatic N) is 2. The van der Waals surface area contributed by atoms with Crippen LogP contribution in [0.25, 0.3) is 0 Å². The first kappa shape index (κ1) is 15.0. The van der Waals surface area contributed by atoms with Gasteiger partial charge >= 0.3 is 5.97 Å². The molecular weight excluding hydrogens is 280 g/mol. The third-order valence-electron chi connectivity index (χ3n) is 4.86. The van der Waals surface area contributed by atoms with Gasteiger partial charge in [0, 0.05) is 12.6 Å². The van der Waals surface area contributed by atoms with Crippen LogP contribution in [-0.4, -0.2) is 39.5 Å². The number of rotatable bonds is 2. The minimum Gasteiger partial charge on any atom is -0.477 e. The average molecular weight is 302 g/mol. The zero-order valence-electron chi connectivity index (χ0n) is 13.3. The fraction of sp³-hybridized carbons (Fsp3) is 0.588. The van der Waals surface area contributed by atoms with Crippen molar-refractivity contribution in [1.29, 1.82) is 0 Å². The lowest BCUT2D eigenvalue weighted by molar-refractivity contribution is 0.0688. The van der Waals surface area contributed by atoms with Crippen LogP contribution in [-0.2, 0) is 0 Å². The van der Waals surface area contributed by atoms with Gasteiger partial charge in [0.15, 0.2) is 0 Å². The Morgan fingerprint density at radius 1 is 1.23 bits per heavy atom. The van der Waals surface area contributed by atoms with E-state index in [0.29, 0.717) is 0 Å². The van der Waals surface area contributed by atoms with E-state index in [9.17, 15) is 9.59 Å². The highest BCUT2D eigenvalue weighted by Gasteiger charge is 2.51. The van der Waals surface area contributed by atoms with Crippen LogP contribution in [0.5, 0.6) is 0 Å². The van der Waals surface area contributed by atoms with Gasteiger partial charge in [0.25, 0.3) is 5.91 Å². The molecule has 5 heteroatoms. The number of hydrogen-bond acceptors (Lipinski definition) is 3. The Bertz CT molecular complexity index is 641. The van der Waals surface area contributed by atoms with Gasteiger partial charge in [-0.15, -0.1) is 0 Å².